The van der Waals surface area contributed by atoms with E-state index in [1.165, 1.54) is 0 Å². The van der Waals surface area contributed by atoms with Gasteiger partial charge in [-0.3, -0.25) is 9.59 Å². The normalized spacial score (nSPS) is 26.0. The van der Waals surface area contributed by atoms with Gasteiger partial charge in [0.25, 0.3) is 0 Å². The Morgan fingerprint density at radius 2 is 2.13 bits per heavy atom. The highest BCUT2D eigenvalue weighted by atomic mass is 16.5. The minimum atomic E-state index is -0.774. The topological polar surface area (TPSA) is 84.9 Å². The van der Waals surface area contributed by atoms with Crippen LogP contribution in [-0.2, 0) is 16.0 Å². The Kier molecular flexibility index (Phi) is 4.41. The lowest BCUT2D eigenvalue weighted by atomic mass is 9.95. The van der Waals surface area contributed by atoms with Gasteiger partial charge < -0.3 is 19.9 Å². The SMILES string of the molecule is COc1ccc2c(c1)CC(C(=O)N[C@H]1CC[C@@H](C(=O)O)C1)CO2. The number of carboxylic acid groups (broad SMARTS) is 1. The van der Waals surface area contributed by atoms with Crippen molar-refractivity contribution in [3.05, 3.63) is 23.8 Å². The van der Waals surface area contributed by atoms with E-state index in [0.717, 1.165) is 23.5 Å². The summed E-state index contributed by atoms with van der Waals surface area (Å²) in [5.74, 6) is 0.111. The third-order valence-corrected chi connectivity index (χ3v) is 4.67. The average molecular weight is 319 g/mol. The number of aliphatic carboxylic acids is 1. The van der Waals surface area contributed by atoms with E-state index in [-0.39, 0.29) is 23.8 Å². The lowest BCUT2D eigenvalue weighted by molar-refractivity contribution is -0.141. The molecule has 1 aliphatic carbocycles. The Labute approximate surface area is 134 Å². The smallest absolute Gasteiger partial charge is 0.306 e. The van der Waals surface area contributed by atoms with Gasteiger partial charge in [-0.1, -0.05) is 0 Å². The molecule has 1 aromatic rings. The van der Waals surface area contributed by atoms with E-state index in [1.807, 2.05) is 18.2 Å². The summed E-state index contributed by atoms with van der Waals surface area (Å²) in [5.41, 5.74) is 0.964. The van der Waals surface area contributed by atoms with Gasteiger partial charge in [0, 0.05) is 6.04 Å². The summed E-state index contributed by atoms with van der Waals surface area (Å²) in [6, 6.07) is 5.54. The first kappa shape index (κ1) is 15.6. The maximum atomic E-state index is 12.4. The summed E-state index contributed by atoms with van der Waals surface area (Å²) in [6.45, 7) is 0.347. The maximum absolute atomic E-state index is 12.4. The molecule has 0 bridgehead atoms. The Bertz CT molecular complexity index is 615. The lowest BCUT2D eigenvalue weighted by Crippen LogP contribution is -2.41. The van der Waals surface area contributed by atoms with Gasteiger partial charge in [-0.15, -0.1) is 0 Å². The van der Waals surface area contributed by atoms with E-state index < -0.39 is 5.97 Å². The van der Waals surface area contributed by atoms with E-state index in [1.54, 1.807) is 7.11 Å². The van der Waals surface area contributed by atoms with Crippen LogP contribution < -0.4 is 14.8 Å². The largest absolute Gasteiger partial charge is 0.497 e. The quantitative estimate of drug-likeness (QED) is 0.881. The zero-order valence-electron chi connectivity index (χ0n) is 13.1. The first-order valence-electron chi connectivity index (χ1n) is 7.89. The average Bonchev–Trinajstić information content (AvgIpc) is 3.02. The highest BCUT2D eigenvalue weighted by Gasteiger charge is 2.33. The molecule has 1 unspecified atom stereocenters. The number of carbonyl (C=O) groups is 2. The van der Waals surface area contributed by atoms with Crippen molar-refractivity contribution in [2.24, 2.45) is 11.8 Å². The van der Waals surface area contributed by atoms with Crippen molar-refractivity contribution in [1.29, 1.82) is 0 Å². The third kappa shape index (κ3) is 3.41. The molecule has 6 nitrogen and oxygen atoms in total. The number of rotatable bonds is 4. The molecule has 3 rings (SSSR count). The standard InChI is InChI=1S/C17H21NO5/c1-22-14-4-5-15-11(8-14)6-12(9-23-15)16(19)18-13-3-2-10(7-13)17(20)21/h4-5,8,10,12-13H,2-3,6-7,9H2,1H3,(H,18,19)(H,20,21)/t10-,12?,13+/m1/s1. The van der Waals surface area contributed by atoms with Crippen LogP contribution in [0.1, 0.15) is 24.8 Å². The van der Waals surface area contributed by atoms with Crippen molar-refractivity contribution in [2.75, 3.05) is 13.7 Å². The highest BCUT2D eigenvalue weighted by molar-refractivity contribution is 5.80. The number of methoxy groups -OCH3 is 1. The number of nitrogens with one attached hydrogen (secondary N) is 1. The summed E-state index contributed by atoms with van der Waals surface area (Å²) < 4.78 is 10.9. The van der Waals surface area contributed by atoms with Crippen LogP contribution in [0.15, 0.2) is 18.2 Å². The van der Waals surface area contributed by atoms with Gasteiger partial charge in [-0.25, -0.2) is 0 Å². The number of carbonyl (C=O) groups excluding carboxylic acids is 1. The third-order valence-electron chi connectivity index (χ3n) is 4.67. The number of hydrogen-bond donors (Lipinski definition) is 2. The zero-order chi connectivity index (χ0) is 16.4. The molecule has 0 spiro atoms. The second-order valence-electron chi connectivity index (χ2n) is 6.24. The number of carboxylic acids is 1. The van der Waals surface area contributed by atoms with Gasteiger partial charge >= 0.3 is 5.97 Å². The minimum Gasteiger partial charge on any atom is -0.497 e. The van der Waals surface area contributed by atoms with Crippen LogP contribution in [0.5, 0.6) is 11.5 Å². The Morgan fingerprint density at radius 3 is 2.83 bits per heavy atom. The molecule has 1 aromatic carbocycles. The van der Waals surface area contributed by atoms with Crippen LogP contribution in [0.3, 0.4) is 0 Å². The van der Waals surface area contributed by atoms with Gasteiger partial charge in [-0.2, -0.15) is 0 Å². The molecule has 23 heavy (non-hydrogen) atoms. The van der Waals surface area contributed by atoms with Gasteiger partial charge in [0.15, 0.2) is 0 Å². The van der Waals surface area contributed by atoms with Crippen LogP contribution in [0.25, 0.3) is 0 Å². The number of hydrogen-bond acceptors (Lipinski definition) is 4. The van der Waals surface area contributed by atoms with E-state index >= 15 is 0 Å². The van der Waals surface area contributed by atoms with Crippen molar-refractivity contribution in [1.82, 2.24) is 5.32 Å². The van der Waals surface area contributed by atoms with Crippen LogP contribution >= 0.6 is 0 Å². The molecule has 124 valence electrons. The molecule has 1 aliphatic heterocycles. The molecule has 2 N–H and O–H groups in total. The zero-order valence-corrected chi connectivity index (χ0v) is 13.1. The van der Waals surface area contributed by atoms with E-state index in [0.29, 0.717) is 25.9 Å². The number of ether oxygens (including phenoxy) is 2. The fourth-order valence-electron chi connectivity index (χ4n) is 3.32. The fourth-order valence-corrected chi connectivity index (χ4v) is 3.32. The Balaban J connectivity index is 1.60. The van der Waals surface area contributed by atoms with Crippen LogP contribution in [0.4, 0.5) is 0 Å². The molecule has 0 aromatic heterocycles. The summed E-state index contributed by atoms with van der Waals surface area (Å²) in [4.78, 5) is 23.4. The Hall–Kier alpha value is -2.24. The van der Waals surface area contributed by atoms with Crippen molar-refractivity contribution in [2.45, 2.75) is 31.7 Å². The number of amides is 1. The molecular weight excluding hydrogens is 298 g/mol. The number of fused-ring (bicyclic) bond motifs is 1. The summed E-state index contributed by atoms with van der Waals surface area (Å²) in [7, 11) is 1.61. The van der Waals surface area contributed by atoms with Gasteiger partial charge in [-0.05, 0) is 49.4 Å². The van der Waals surface area contributed by atoms with Crippen molar-refractivity contribution in [3.8, 4) is 11.5 Å². The van der Waals surface area contributed by atoms with E-state index in [4.69, 9.17) is 14.6 Å². The van der Waals surface area contributed by atoms with Crippen molar-refractivity contribution >= 4 is 11.9 Å². The van der Waals surface area contributed by atoms with Gasteiger partial charge in [0.2, 0.25) is 5.91 Å². The molecule has 0 saturated heterocycles. The molecule has 0 radical (unpaired) electrons. The summed E-state index contributed by atoms with van der Waals surface area (Å²) in [5, 5.41) is 12.0. The van der Waals surface area contributed by atoms with Gasteiger partial charge in [0.05, 0.1) is 18.9 Å². The molecule has 1 amide bonds. The first-order valence-corrected chi connectivity index (χ1v) is 7.89. The van der Waals surface area contributed by atoms with Crippen molar-refractivity contribution < 1.29 is 24.2 Å². The van der Waals surface area contributed by atoms with Crippen LogP contribution in [0.2, 0.25) is 0 Å². The molecule has 3 atom stereocenters. The molecule has 1 heterocycles. The molecule has 1 fully saturated rings. The summed E-state index contributed by atoms with van der Waals surface area (Å²) >= 11 is 0. The van der Waals surface area contributed by atoms with Crippen molar-refractivity contribution in [3.63, 3.8) is 0 Å². The highest BCUT2D eigenvalue weighted by Crippen LogP contribution is 2.31. The lowest BCUT2D eigenvalue weighted by Gasteiger charge is -2.26. The Morgan fingerprint density at radius 1 is 1.30 bits per heavy atom. The molecular formula is C17H21NO5. The molecule has 2 aliphatic rings. The molecule has 1 saturated carbocycles. The monoisotopic (exact) mass is 319 g/mol. The molecule has 6 heteroatoms. The van der Waals surface area contributed by atoms with Crippen LogP contribution in [-0.4, -0.2) is 36.7 Å². The first-order chi connectivity index (χ1) is 11.1. The van der Waals surface area contributed by atoms with E-state index in [9.17, 15) is 9.59 Å². The second kappa shape index (κ2) is 6.48. The maximum Gasteiger partial charge on any atom is 0.306 e. The second-order valence-corrected chi connectivity index (χ2v) is 6.24. The van der Waals surface area contributed by atoms with Gasteiger partial charge in [0.1, 0.15) is 18.1 Å². The van der Waals surface area contributed by atoms with Crippen LogP contribution in [0, 0.1) is 11.8 Å². The predicted octanol–water partition coefficient (Wildman–Crippen LogP) is 1.62. The fraction of sp³-hybridized carbons (Fsp3) is 0.529. The summed E-state index contributed by atoms with van der Waals surface area (Å²) in [6.07, 6.45) is 2.47. The number of benzene rings is 1. The van der Waals surface area contributed by atoms with E-state index in [2.05, 4.69) is 5.32 Å². The predicted molar refractivity (Wildman–Crippen MR) is 82.6 cm³/mol. The minimum absolute atomic E-state index is 0.0460.